The van der Waals surface area contributed by atoms with Crippen molar-refractivity contribution in [3.8, 4) is 5.75 Å². The molecule has 7 heteroatoms. The number of carbonyl (C=O) groups is 2. The first kappa shape index (κ1) is 22.1. The number of rotatable bonds is 6. The van der Waals surface area contributed by atoms with E-state index in [1.54, 1.807) is 12.0 Å². The molecule has 0 saturated carbocycles. The summed E-state index contributed by atoms with van der Waals surface area (Å²) in [6.07, 6.45) is 2.92. The predicted octanol–water partition coefficient (Wildman–Crippen LogP) is 5.07. The van der Waals surface area contributed by atoms with Crippen molar-refractivity contribution in [1.29, 1.82) is 0 Å². The lowest BCUT2D eigenvalue weighted by Crippen LogP contribution is -2.40. The van der Waals surface area contributed by atoms with Crippen molar-refractivity contribution in [2.75, 3.05) is 25.5 Å². The molecule has 0 aliphatic carbocycles. The van der Waals surface area contributed by atoms with Crippen molar-refractivity contribution < 1.29 is 18.7 Å². The van der Waals surface area contributed by atoms with Gasteiger partial charge in [0.15, 0.2) is 0 Å². The molecule has 1 fully saturated rings. The maximum absolute atomic E-state index is 13.3. The van der Waals surface area contributed by atoms with Gasteiger partial charge in [-0.25, -0.2) is 4.39 Å². The van der Waals surface area contributed by atoms with Crippen LogP contribution < -0.4 is 10.1 Å². The SMILES string of the molecule is COc1ccc(NC(=O)CCC2CCCN(C(=O)c3ccc(F)cc3Cl)C2)c(C)c1. The third-order valence-corrected chi connectivity index (χ3v) is 5.77. The second-order valence-corrected chi connectivity index (χ2v) is 8.06. The molecule has 2 aromatic rings. The Morgan fingerprint density at radius 1 is 1.27 bits per heavy atom. The molecule has 1 saturated heterocycles. The number of carbonyl (C=O) groups excluding carboxylic acids is 2. The van der Waals surface area contributed by atoms with Crippen LogP contribution in [0.1, 0.15) is 41.6 Å². The Morgan fingerprint density at radius 3 is 2.77 bits per heavy atom. The lowest BCUT2D eigenvalue weighted by molar-refractivity contribution is -0.116. The number of benzene rings is 2. The van der Waals surface area contributed by atoms with Crippen LogP contribution in [0.2, 0.25) is 5.02 Å². The standard InChI is InChI=1S/C23H26ClFN2O3/c1-15-12-18(30-2)7-9-21(15)26-22(28)10-5-16-4-3-11-27(14-16)23(29)19-8-6-17(25)13-20(19)24/h6-9,12-13,16H,3-5,10-11,14H2,1-2H3,(H,26,28). The Labute approximate surface area is 181 Å². The highest BCUT2D eigenvalue weighted by molar-refractivity contribution is 6.33. The van der Waals surface area contributed by atoms with E-state index >= 15 is 0 Å². The van der Waals surface area contributed by atoms with Crippen molar-refractivity contribution in [3.63, 3.8) is 0 Å². The van der Waals surface area contributed by atoms with Crippen LogP contribution in [0.5, 0.6) is 5.75 Å². The van der Waals surface area contributed by atoms with Crippen LogP contribution in [-0.4, -0.2) is 36.9 Å². The van der Waals surface area contributed by atoms with Gasteiger partial charge in [-0.15, -0.1) is 0 Å². The summed E-state index contributed by atoms with van der Waals surface area (Å²) in [5, 5.41) is 3.07. The highest BCUT2D eigenvalue weighted by Gasteiger charge is 2.26. The fourth-order valence-corrected chi connectivity index (χ4v) is 4.02. The summed E-state index contributed by atoms with van der Waals surface area (Å²) in [5.41, 5.74) is 2.02. The Kier molecular flexibility index (Phi) is 7.32. The van der Waals surface area contributed by atoms with Crippen molar-refractivity contribution in [1.82, 2.24) is 4.90 Å². The molecule has 0 spiro atoms. The second kappa shape index (κ2) is 9.94. The molecule has 0 bridgehead atoms. The van der Waals surface area contributed by atoms with Gasteiger partial charge in [-0.2, -0.15) is 0 Å². The molecule has 1 aliphatic rings. The van der Waals surface area contributed by atoms with E-state index in [1.165, 1.54) is 12.1 Å². The molecule has 1 heterocycles. The Bertz CT molecular complexity index is 935. The van der Waals surface area contributed by atoms with Crippen LogP contribution in [0.25, 0.3) is 0 Å². The summed E-state index contributed by atoms with van der Waals surface area (Å²) in [5.74, 6) is 0.283. The lowest BCUT2D eigenvalue weighted by Gasteiger charge is -2.33. The quantitative estimate of drug-likeness (QED) is 0.693. The third kappa shape index (κ3) is 5.51. The molecule has 30 heavy (non-hydrogen) atoms. The summed E-state index contributed by atoms with van der Waals surface area (Å²) < 4.78 is 18.4. The molecular weight excluding hydrogens is 407 g/mol. The van der Waals surface area contributed by atoms with Gasteiger partial charge in [0.25, 0.3) is 5.91 Å². The molecule has 0 radical (unpaired) electrons. The van der Waals surface area contributed by atoms with Gasteiger partial charge in [0, 0.05) is 25.2 Å². The molecule has 3 rings (SSSR count). The first-order valence-corrected chi connectivity index (χ1v) is 10.4. The minimum absolute atomic E-state index is 0.0479. The fourth-order valence-electron chi connectivity index (χ4n) is 3.77. The van der Waals surface area contributed by atoms with E-state index in [-0.39, 0.29) is 22.8 Å². The molecular formula is C23H26ClFN2O3. The topological polar surface area (TPSA) is 58.6 Å². The van der Waals surface area contributed by atoms with Gasteiger partial charge in [0.1, 0.15) is 11.6 Å². The van der Waals surface area contributed by atoms with E-state index in [1.807, 2.05) is 25.1 Å². The van der Waals surface area contributed by atoms with Crippen molar-refractivity contribution in [3.05, 3.63) is 58.4 Å². The number of hydrogen-bond acceptors (Lipinski definition) is 3. The average molecular weight is 433 g/mol. The summed E-state index contributed by atoms with van der Waals surface area (Å²) in [6, 6.07) is 9.34. The number of halogens is 2. The number of aryl methyl sites for hydroxylation is 1. The Balaban J connectivity index is 1.53. The van der Waals surface area contributed by atoms with E-state index < -0.39 is 5.82 Å². The second-order valence-electron chi connectivity index (χ2n) is 7.65. The van der Waals surface area contributed by atoms with Crippen LogP contribution in [-0.2, 0) is 4.79 Å². The number of piperidine rings is 1. The number of nitrogens with one attached hydrogen (secondary N) is 1. The zero-order valence-electron chi connectivity index (χ0n) is 17.2. The lowest BCUT2D eigenvalue weighted by atomic mass is 9.92. The van der Waals surface area contributed by atoms with Gasteiger partial charge >= 0.3 is 0 Å². The van der Waals surface area contributed by atoms with E-state index in [0.29, 0.717) is 31.5 Å². The molecule has 2 amide bonds. The first-order chi connectivity index (χ1) is 14.4. The summed E-state index contributed by atoms with van der Waals surface area (Å²) in [4.78, 5) is 26.9. The van der Waals surface area contributed by atoms with Gasteiger partial charge in [-0.1, -0.05) is 11.6 Å². The molecule has 1 aliphatic heterocycles. The van der Waals surface area contributed by atoms with Crippen LogP contribution in [0.4, 0.5) is 10.1 Å². The van der Waals surface area contributed by atoms with Crippen LogP contribution in [0, 0.1) is 18.7 Å². The molecule has 2 aromatic carbocycles. The normalized spacial score (nSPS) is 16.3. The molecule has 1 N–H and O–H groups in total. The van der Waals surface area contributed by atoms with Crippen molar-refractivity contribution >= 4 is 29.1 Å². The maximum Gasteiger partial charge on any atom is 0.255 e. The average Bonchev–Trinajstić information content (AvgIpc) is 2.73. The van der Waals surface area contributed by atoms with Crippen molar-refractivity contribution in [2.45, 2.75) is 32.6 Å². The molecule has 160 valence electrons. The molecule has 1 unspecified atom stereocenters. The number of likely N-dealkylation sites (tertiary alicyclic amines) is 1. The van der Waals surface area contributed by atoms with Gasteiger partial charge in [0.2, 0.25) is 5.91 Å². The molecule has 0 aromatic heterocycles. The minimum Gasteiger partial charge on any atom is -0.497 e. The van der Waals surface area contributed by atoms with Crippen molar-refractivity contribution in [2.24, 2.45) is 5.92 Å². The maximum atomic E-state index is 13.3. The third-order valence-electron chi connectivity index (χ3n) is 5.46. The smallest absolute Gasteiger partial charge is 0.255 e. The van der Waals surface area contributed by atoms with Gasteiger partial charge in [0.05, 0.1) is 17.7 Å². The zero-order valence-corrected chi connectivity index (χ0v) is 18.0. The largest absolute Gasteiger partial charge is 0.497 e. The number of ether oxygens (including phenoxy) is 1. The molecule has 1 atom stereocenters. The van der Waals surface area contributed by atoms with Gasteiger partial charge in [-0.3, -0.25) is 9.59 Å². The van der Waals surface area contributed by atoms with Crippen LogP contribution in [0.3, 0.4) is 0 Å². The Morgan fingerprint density at radius 2 is 2.07 bits per heavy atom. The van der Waals surface area contributed by atoms with E-state index in [9.17, 15) is 14.0 Å². The Hall–Kier alpha value is -2.60. The summed E-state index contributed by atoms with van der Waals surface area (Å²) in [7, 11) is 1.61. The highest BCUT2D eigenvalue weighted by Crippen LogP contribution is 2.26. The summed E-state index contributed by atoms with van der Waals surface area (Å²) in [6.45, 7) is 3.13. The van der Waals surface area contributed by atoms with E-state index in [0.717, 1.165) is 35.9 Å². The van der Waals surface area contributed by atoms with E-state index in [4.69, 9.17) is 16.3 Å². The van der Waals surface area contributed by atoms with E-state index in [2.05, 4.69) is 5.32 Å². The number of methoxy groups -OCH3 is 1. The van der Waals surface area contributed by atoms with Gasteiger partial charge in [-0.05, 0) is 74.1 Å². The number of nitrogens with zero attached hydrogens (tertiary/aromatic N) is 1. The number of amides is 2. The first-order valence-electron chi connectivity index (χ1n) is 10.1. The molecule has 5 nitrogen and oxygen atoms in total. The summed E-state index contributed by atoms with van der Waals surface area (Å²) >= 11 is 6.04. The number of hydrogen-bond donors (Lipinski definition) is 1. The monoisotopic (exact) mass is 432 g/mol. The fraction of sp³-hybridized carbons (Fsp3) is 0.391. The zero-order chi connectivity index (χ0) is 21.7. The van der Waals surface area contributed by atoms with Gasteiger partial charge < -0.3 is 15.0 Å². The number of anilines is 1. The minimum atomic E-state index is -0.467. The van der Waals surface area contributed by atoms with Crippen LogP contribution in [0.15, 0.2) is 36.4 Å². The highest BCUT2D eigenvalue weighted by atomic mass is 35.5. The predicted molar refractivity (Wildman–Crippen MR) is 116 cm³/mol. The van der Waals surface area contributed by atoms with Crippen LogP contribution >= 0.6 is 11.6 Å².